The number of fused-ring (bicyclic) bond motifs is 1. The van der Waals surface area contributed by atoms with Gasteiger partial charge in [0.05, 0.1) is 37.1 Å². The lowest BCUT2D eigenvalue weighted by molar-refractivity contribution is -0.0747. The molecular weight excluding hydrogens is 202 g/mol. The van der Waals surface area contributed by atoms with E-state index in [4.69, 9.17) is 5.11 Å². The molecule has 6 nitrogen and oxygen atoms in total. The average Bonchev–Trinajstić information content (AvgIpc) is 2.42. The van der Waals surface area contributed by atoms with Gasteiger partial charge in [0.15, 0.2) is 0 Å². The lowest BCUT2D eigenvalue weighted by atomic mass is 9.96. The molecule has 0 amide bonds. The van der Waals surface area contributed by atoms with Crippen molar-refractivity contribution >= 4 is 0 Å². The zero-order valence-corrected chi connectivity index (χ0v) is 8.27. The van der Waals surface area contributed by atoms with Crippen LogP contribution in [0.15, 0.2) is 0 Å². The second-order valence-corrected chi connectivity index (χ2v) is 4.37. The molecule has 0 aromatic rings. The van der Waals surface area contributed by atoms with Gasteiger partial charge in [-0.1, -0.05) is 0 Å². The summed E-state index contributed by atoms with van der Waals surface area (Å²) in [5, 5.41) is 47.4. The fourth-order valence-electron chi connectivity index (χ4n) is 2.59. The molecule has 0 bridgehead atoms. The Morgan fingerprint density at radius 1 is 1.00 bits per heavy atom. The molecule has 0 unspecified atom stereocenters. The van der Waals surface area contributed by atoms with E-state index in [1.54, 1.807) is 4.90 Å². The van der Waals surface area contributed by atoms with Crippen LogP contribution in [-0.4, -0.2) is 80.1 Å². The lowest BCUT2D eigenvalue weighted by Crippen LogP contribution is -2.54. The van der Waals surface area contributed by atoms with Crippen LogP contribution in [0.1, 0.15) is 6.42 Å². The van der Waals surface area contributed by atoms with E-state index in [0.29, 0.717) is 0 Å². The first kappa shape index (κ1) is 11.3. The Balaban J connectivity index is 2.16. The Bertz CT molecular complexity index is 239. The van der Waals surface area contributed by atoms with Crippen molar-refractivity contribution in [2.75, 3.05) is 13.2 Å². The molecule has 15 heavy (non-hydrogen) atoms. The first-order valence-corrected chi connectivity index (χ1v) is 5.15. The molecule has 6 heteroatoms. The smallest absolute Gasteiger partial charge is 0.0991 e. The summed E-state index contributed by atoms with van der Waals surface area (Å²) in [5.41, 5.74) is 0. The minimum Gasteiger partial charge on any atom is -0.395 e. The maximum atomic E-state index is 9.70. The molecule has 2 aliphatic rings. The van der Waals surface area contributed by atoms with Crippen LogP contribution >= 0.6 is 0 Å². The topological polar surface area (TPSA) is 104 Å². The van der Waals surface area contributed by atoms with Crippen LogP contribution < -0.4 is 0 Å². The summed E-state index contributed by atoms with van der Waals surface area (Å²) in [7, 11) is 0. The lowest BCUT2D eigenvalue weighted by Gasteiger charge is -2.38. The number of aliphatic hydroxyl groups excluding tert-OH is 5. The SMILES string of the molecule is OC[C@@H]1[C@@H](O)[C@H](O)[C@H]2C[C@@H](O)[C@@H](O)CN12. The summed E-state index contributed by atoms with van der Waals surface area (Å²) in [6.07, 6.45) is -3.52. The van der Waals surface area contributed by atoms with Crippen LogP contribution in [0.4, 0.5) is 0 Å². The van der Waals surface area contributed by atoms with Crippen LogP contribution in [0.5, 0.6) is 0 Å². The molecule has 0 aromatic heterocycles. The van der Waals surface area contributed by atoms with Crippen molar-refractivity contribution in [3.8, 4) is 0 Å². The van der Waals surface area contributed by atoms with Crippen molar-refractivity contribution < 1.29 is 25.5 Å². The predicted molar refractivity (Wildman–Crippen MR) is 50.0 cm³/mol. The Kier molecular flexibility index (Phi) is 2.98. The second kappa shape index (κ2) is 3.97. The van der Waals surface area contributed by atoms with Gasteiger partial charge in [-0.25, -0.2) is 0 Å². The Labute approximate surface area is 87.4 Å². The van der Waals surface area contributed by atoms with Gasteiger partial charge < -0.3 is 25.5 Å². The van der Waals surface area contributed by atoms with Crippen molar-refractivity contribution in [2.45, 2.75) is 42.9 Å². The first-order chi connectivity index (χ1) is 7.06. The molecule has 0 saturated carbocycles. The van der Waals surface area contributed by atoms with Gasteiger partial charge in [-0.3, -0.25) is 4.90 Å². The van der Waals surface area contributed by atoms with Crippen molar-refractivity contribution in [3.63, 3.8) is 0 Å². The molecule has 5 N–H and O–H groups in total. The molecule has 88 valence electrons. The Morgan fingerprint density at radius 2 is 1.67 bits per heavy atom. The Hall–Kier alpha value is -0.240. The quantitative estimate of drug-likeness (QED) is 0.319. The minimum atomic E-state index is -1.02. The molecule has 2 heterocycles. The van der Waals surface area contributed by atoms with Gasteiger partial charge in [0, 0.05) is 12.6 Å². The van der Waals surface area contributed by atoms with Crippen molar-refractivity contribution in [1.82, 2.24) is 4.90 Å². The normalized spacial score (nSPS) is 51.8. The zero-order valence-electron chi connectivity index (χ0n) is 8.27. The van der Waals surface area contributed by atoms with Gasteiger partial charge in [-0.05, 0) is 6.42 Å². The number of piperidine rings is 1. The third-order valence-electron chi connectivity index (χ3n) is 3.50. The second-order valence-electron chi connectivity index (χ2n) is 4.37. The van der Waals surface area contributed by atoms with Crippen LogP contribution in [-0.2, 0) is 0 Å². The highest BCUT2D eigenvalue weighted by molar-refractivity contribution is 5.05. The van der Waals surface area contributed by atoms with E-state index < -0.39 is 30.5 Å². The van der Waals surface area contributed by atoms with Crippen LogP contribution in [0.3, 0.4) is 0 Å². The molecule has 2 rings (SSSR count). The maximum Gasteiger partial charge on any atom is 0.0991 e. The largest absolute Gasteiger partial charge is 0.395 e. The van der Waals surface area contributed by atoms with Crippen LogP contribution in [0.2, 0.25) is 0 Å². The molecule has 6 atom stereocenters. The van der Waals surface area contributed by atoms with E-state index in [9.17, 15) is 20.4 Å². The van der Waals surface area contributed by atoms with E-state index in [0.717, 1.165) is 0 Å². The van der Waals surface area contributed by atoms with Gasteiger partial charge in [-0.2, -0.15) is 0 Å². The molecule has 0 spiro atoms. The van der Waals surface area contributed by atoms with E-state index in [2.05, 4.69) is 0 Å². The molecule has 0 aliphatic carbocycles. The van der Waals surface area contributed by atoms with Crippen molar-refractivity contribution in [3.05, 3.63) is 0 Å². The summed E-state index contributed by atoms with van der Waals surface area (Å²) < 4.78 is 0. The number of hydrogen-bond donors (Lipinski definition) is 5. The maximum absolute atomic E-state index is 9.70. The summed E-state index contributed by atoms with van der Waals surface area (Å²) in [6.45, 7) is -0.0945. The van der Waals surface area contributed by atoms with Gasteiger partial charge >= 0.3 is 0 Å². The molecule has 0 aromatic carbocycles. The van der Waals surface area contributed by atoms with E-state index in [1.807, 2.05) is 0 Å². The third kappa shape index (κ3) is 1.67. The fourth-order valence-corrected chi connectivity index (χ4v) is 2.59. The molecule has 2 saturated heterocycles. The summed E-state index contributed by atoms with van der Waals surface area (Å²) in [4.78, 5) is 1.67. The van der Waals surface area contributed by atoms with Gasteiger partial charge in [-0.15, -0.1) is 0 Å². The monoisotopic (exact) mass is 219 g/mol. The minimum absolute atomic E-state index is 0.172. The molecule has 2 aliphatic heterocycles. The zero-order chi connectivity index (χ0) is 11.2. The third-order valence-corrected chi connectivity index (χ3v) is 3.50. The van der Waals surface area contributed by atoms with Crippen molar-refractivity contribution in [2.24, 2.45) is 0 Å². The summed E-state index contributed by atoms with van der Waals surface area (Å²) >= 11 is 0. The number of nitrogens with zero attached hydrogens (tertiary/aromatic N) is 1. The highest BCUT2D eigenvalue weighted by atomic mass is 16.3. The van der Waals surface area contributed by atoms with E-state index in [1.165, 1.54) is 0 Å². The van der Waals surface area contributed by atoms with Crippen LogP contribution in [0.25, 0.3) is 0 Å². The van der Waals surface area contributed by atoms with Gasteiger partial charge in [0.2, 0.25) is 0 Å². The highest BCUT2D eigenvalue weighted by Gasteiger charge is 2.51. The standard InChI is InChI=1S/C9H17NO5/c11-3-5-9(15)8(14)4-1-6(12)7(13)2-10(4)5/h4-9,11-15H,1-3H2/t4-,5-,6-,7+,8-,9-/m1/s1. The first-order valence-electron chi connectivity index (χ1n) is 5.15. The summed E-state index contributed by atoms with van der Waals surface area (Å²) in [5.74, 6) is 0. The van der Waals surface area contributed by atoms with Crippen molar-refractivity contribution in [1.29, 1.82) is 0 Å². The van der Waals surface area contributed by atoms with E-state index in [-0.39, 0.29) is 25.6 Å². The van der Waals surface area contributed by atoms with E-state index >= 15 is 0 Å². The molecule has 2 fully saturated rings. The van der Waals surface area contributed by atoms with Gasteiger partial charge in [0.25, 0.3) is 0 Å². The van der Waals surface area contributed by atoms with Gasteiger partial charge in [0.1, 0.15) is 0 Å². The van der Waals surface area contributed by atoms with Crippen LogP contribution in [0, 0.1) is 0 Å². The molecular formula is C9H17NO5. The predicted octanol–water partition coefficient (Wildman–Crippen LogP) is -3.12. The highest BCUT2D eigenvalue weighted by Crippen LogP contribution is 2.32. The number of aliphatic hydroxyl groups is 5. The average molecular weight is 219 g/mol. The number of hydrogen-bond acceptors (Lipinski definition) is 6. The Morgan fingerprint density at radius 3 is 2.27 bits per heavy atom. The number of rotatable bonds is 1. The molecule has 0 radical (unpaired) electrons. The summed E-state index contributed by atoms with van der Waals surface area (Å²) in [6, 6.07) is -0.928. The fraction of sp³-hybridized carbons (Fsp3) is 1.00.